The highest BCUT2D eigenvalue weighted by molar-refractivity contribution is 7.80. The van der Waals surface area contributed by atoms with Crippen LogP contribution in [-0.2, 0) is 6.54 Å². The van der Waals surface area contributed by atoms with Crippen LogP contribution in [0, 0.1) is 0 Å². The van der Waals surface area contributed by atoms with Gasteiger partial charge >= 0.3 is 0 Å². The van der Waals surface area contributed by atoms with Crippen molar-refractivity contribution in [2.24, 2.45) is 0 Å². The van der Waals surface area contributed by atoms with E-state index in [2.05, 4.69) is 45.4 Å². The lowest BCUT2D eigenvalue weighted by molar-refractivity contribution is 0.177. The van der Waals surface area contributed by atoms with Crippen molar-refractivity contribution in [2.75, 3.05) is 38.1 Å². The van der Waals surface area contributed by atoms with Crippen molar-refractivity contribution in [1.29, 1.82) is 0 Å². The molecule has 0 spiro atoms. The predicted molar refractivity (Wildman–Crippen MR) is 107 cm³/mol. The number of hydrogen-bond acceptors (Lipinski definition) is 3. The summed E-state index contributed by atoms with van der Waals surface area (Å²) in [5.41, 5.74) is 2.37. The van der Waals surface area contributed by atoms with Gasteiger partial charge in [0, 0.05) is 38.4 Å². The topological polar surface area (TPSA) is 27.7 Å². The lowest BCUT2D eigenvalue weighted by Crippen LogP contribution is -2.49. The van der Waals surface area contributed by atoms with Gasteiger partial charge < -0.3 is 15.0 Å². The molecule has 4 nitrogen and oxygen atoms in total. The fourth-order valence-electron chi connectivity index (χ4n) is 2.95. The van der Waals surface area contributed by atoms with Crippen LogP contribution >= 0.6 is 12.2 Å². The Labute approximate surface area is 155 Å². The van der Waals surface area contributed by atoms with Crippen LogP contribution in [0.2, 0.25) is 0 Å². The highest BCUT2D eigenvalue weighted by Gasteiger charge is 2.19. The normalized spacial score (nSPS) is 15.0. The molecule has 1 N–H and O–H groups in total. The van der Waals surface area contributed by atoms with Crippen molar-refractivity contribution < 1.29 is 4.74 Å². The minimum Gasteiger partial charge on any atom is -0.494 e. The molecule has 0 radical (unpaired) electrons. The maximum atomic E-state index is 5.57. The molecule has 3 rings (SSSR count). The number of nitrogens with one attached hydrogen (secondary N) is 1. The third-order valence-electron chi connectivity index (χ3n) is 4.33. The lowest BCUT2D eigenvalue weighted by Gasteiger charge is -2.36. The monoisotopic (exact) mass is 355 g/mol. The van der Waals surface area contributed by atoms with Gasteiger partial charge in [0.2, 0.25) is 0 Å². The molecule has 1 saturated heterocycles. The molecule has 0 unspecified atom stereocenters. The van der Waals surface area contributed by atoms with Gasteiger partial charge in [0.15, 0.2) is 5.11 Å². The molecule has 1 fully saturated rings. The van der Waals surface area contributed by atoms with E-state index in [0.717, 1.165) is 49.3 Å². The maximum absolute atomic E-state index is 5.57. The van der Waals surface area contributed by atoms with Gasteiger partial charge in [0.05, 0.1) is 6.61 Å². The summed E-state index contributed by atoms with van der Waals surface area (Å²) in [6.45, 7) is 7.64. The first-order valence-corrected chi connectivity index (χ1v) is 9.20. The molecule has 2 aromatic carbocycles. The Hall–Kier alpha value is -2.11. The van der Waals surface area contributed by atoms with E-state index in [4.69, 9.17) is 17.0 Å². The van der Waals surface area contributed by atoms with Crippen molar-refractivity contribution in [3.63, 3.8) is 0 Å². The Morgan fingerprint density at radius 3 is 2.32 bits per heavy atom. The molecule has 25 heavy (non-hydrogen) atoms. The minimum absolute atomic E-state index is 0.679. The molecular formula is C20H25N3OS. The number of nitrogens with zero attached hydrogens (tertiary/aromatic N) is 2. The predicted octanol–water partition coefficient (Wildman–Crippen LogP) is 3.60. The summed E-state index contributed by atoms with van der Waals surface area (Å²) < 4.78 is 5.47. The van der Waals surface area contributed by atoms with Crippen molar-refractivity contribution in [3.05, 3.63) is 60.2 Å². The molecule has 0 aromatic heterocycles. The summed E-state index contributed by atoms with van der Waals surface area (Å²) in [5, 5.41) is 4.12. The first kappa shape index (κ1) is 17.7. The zero-order valence-corrected chi connectivity index (χ0v) is 15.5. The summed E-state index contributed by atoms with van der Waals surface area (Å²) in [4.78, 5) is 4.72. The Balaban J connectivity index is 1.46. The van der Waals surface area contributed by atoms with Crippen LogP contribution in [-0.4, -0.2) is 47.7 Å². The van der Waals surface area contributed by atoms with Crippen LogP contribution in [0.25, 0.3) is 0 Å². The second-order valence-corrected chi connectivity index (χ2v) is 6.52. The number of thiocarbonyl (C=S) groups is 1. The Bertz CT molecular complexity index is 667. The number of piperazine rings is 1. The number of ether oxygens (including phenoxy) is 1. The van der Waals surface area contributed by atoms with Gasteiger partial charge in [0.1, 0.15) is 5.75 Å². The Morgan fingerprint density at radius 2 is 1.68 bits per heavy atom. The van der Waals surface area contributed by atoms with Gasteiger partial charge in [-0.2, -0.15) is 0 Å². The number of anilines is 1. The molecule has 5 heteroatoms. The van der Waals surface area contributed by atoms with Gasteiger partial charge in [0.25, 0.3) is 0 Å². The van der Waals surface area contributed by atoms with Gasteiger partial charge in [-0.3, -0.25) is 4.90 Å². The molecule has 132 valence electrons. The smallest absolute Gasteiger partial charge is 0.173 e. The lowest BCUT2D eigenvalue weighted by atomic mass is 10.2. The summed E-state index contributed by atoms with van der Waals surface area (Å²) in [5.74, 6) is 0.883. The molecule has 1 heterocycles. The van der Waals surface area contributed by atoms with Crippen LogP contribution < -0.4 is 10.1 Å². The molecule has 1 aliphatic rings. The number of benzene rings is 2. The second kappa shape index (κ2) is 8.83. The SMILES string of the molecule is CCOc1ccc(NC(=S)N2CCN(Cc3ccccc3)CC2)cc1. The number of rotatable bonds is 5. The van der Waals surface area contributed by atoms with Crippen molar-refractivity contribution >= 4 is 23.0 Å². The van der Waals surface area contributed by atoms with Gasteiger partial charge in [-0.1, -0.05) is 30.3 Å². The van der Waals surface area contributed by atoms with Crippen molar-refractivity contribution in [2.45, 2.75) is 13.5 Å². The average Bonchev–Trinajstić information content (AvgIpc) is 2.65. The molecule has 0 aliphatic carbocycles. The van der Waals surface area contributed by atoms with E-state index in [1.54, 1.807) is 0 Å². The van der Waals surface area contributed by atoms with E-state index in [-0.39, 0.29) is 0 Å². The molecule has 0 amide bonds. The van der Waals surface area contributed by atoms with E-state index in [1.807, 2.05) is 31.2 Å². The molecule has 1 aliphatic heterocycles. The summed E-state index contributed by atoms with van der Waals surface area (Å²) >= 11 is 5.57. The third-order valence-corrected chi connectivity index (χ3v) is 4.69. The van der Waals surface area contributed by atoms with Gasteiger partial charge in [-0.25, -0.2) is 0 Å². The first-order valence-electron chi connectivity index (χ1n) is 8.79. The highest BCUT2D eigenvalue weighted by atomic mass is 32.1. The van der Waals surface area contributed by atoms with Crippen molar-refractivity contribution in [1.82, 2.24) is 9.80 Å². The van der Waals surface area contributed by atoms with Gasteiger partial charge in [-0.15, -0.1) is 0 Å². The quantitative estimate of drug-likeness (QED) is 0.828. The van der Waals surface area contributed by atoms with E-state index in [0.29, 0.717) is 6.61 Å². The summed E-state index contributed by atoms with van der Waals surface area (Å²) in [6, 6.07) is 18.6. The molecule has 0 saturated carbocycles. The molecule has 0 bridgehead atoms. The van der Waals surface area contributed by atoms with E-state index in [1.165, 1.54) is 5.56 Å². The zero-order valence-electron chi connectivity index (χ0n) is 14.6. The molecule has 0 atom stereocenters. The fourth-order valence-corrected chi connectivity index (χ4v) is 3.25. The van der Waals surface area contributed by atoms with Crippen LogP contribution in [0.4, 0.5) is 5.69 Å². The molecule has 2 aromatic rings. The van der Waals surface area contributed by atoms with Gasteiger partial charge in [-0.05, 0) is 49.0 Å². The van der Waals surface area contributed by atoms with Crippen LogP contribution in [0.1, 0.15) is 12.5 Å². The first-order chi connectivity index (χ1) is 12.2. The summed E-state index contributed by atoms with van der Waals surface area (Å²) in [7, 11) is 0. The Morgan fingerprint density at radius 1 is 1.00 bits per heavy atom. The largest absolute Gasteiger partial charge is 0.494 e. The fraction of sp³-hybridized carbons (Fsp3) is 0.350. The minimum atomic E-state index is 0.679. The summed E-state index contributed by atoms with van der Waals surface area (Å²) in [6.07, 6.45) is 0. The molecular weight excluding hydrogens is 330 g/mol. The third kappa shape index (κ3) is 5.18. The Kier molecular flexibility index (Phi) is 6.25. The highest BCUT2D eigenvalue weighted by Crippen LogP contribution is 2.17. The van der Waals surface area contributed by atoms with Crippen molar-refractivity contribution in [3.8, 4) is 5.75 Å². The maximum Gasteiger partial charge on any atom is 0.173 e. The second-order valence-electron chi connectivity index (χ2n) is 6.14. The van der Waals surface area contributed by atoms with E-state index >= 15 is 0 Å². The van der Waals surface area contributed by atoms with E-state index in [9.17, 15) is 0 Å². The van der Waals surface area contributed by atoms with Crippen LogP contribution in [0.5, 0.6) is 5.75 Å². The average molecular weight is 356 g/mol. The number of hydrogen-bond donors (Lipinski definition) is 1. The van der Waals surface area contributed by atoms with E-state index < -0.39 is 0 Å². The van der Waals surface area contributed by atoms with Crippen LogP contribution in [0.15, 0.2) is 54.6 Å². The standard InChI is InChI=1S/C20H25N3OS/c1-2-24-19-10-8-18(9-11-19)21-20(25)23-14-12-22(13-15-23)16-17-6-4-3-5-7-17/h3-11H,2,12-16H2,1H3,(H,21,25). The van der Waals surface area contributed by atoms with Crippen LogP contribution in [0.3, 0.4) is 0 Å². The zero-order chi connectivity index (χ0) is 17.5.